The highest BCUT2D eigenvalue weighted by atomic mass is 32.2. The van der Waals surface area contributed by atoms with Gasteiger partial charge in [-0.15, -0.1) is 0 Å². The summed E-state index contributed by atoms with van der Waals surface area (Å²) in [6.07, 6.45) is 6.11. The maximum absolute atomic E-state index is 11.2. The van der Waals surface area contributed by atoms with Gasteiger partial charge in [0.15, 0.2) is 5.11 Å². The molecule has 0 aliphatic heterocycles. The van der Waals surface area contributed by atoms with Crippen LogP contribution in [0.3, 0.4) is 0 Å². The van der Waals surface area contributed by atoms with Gasteiger partial charge in [0.05, 0.1) is 4.90 Å². The van der Waals surface area contributed by atoms with Crippen LogP contribution in [0.2, 0.25) is 0 Å². The lowest BCUT2D eigenvalue weighted by molar-refractivity contribution is 0.389. The zero-order valence-corrected chi connectivity index (χ0v) is 14.6. The highest BCUT2D eigenvalue weighted by molar-refractivity contribution is 7.89. The van der Waals surface area contributed by atoms with Crippen molar-refractivity contribution in [1.29, 1.82) is 0 Å². The molecule has 2 bridgehead atoms. The fourth-order valence-electron chi connectivity index (χ4n) is 3.81. The van der Waals surface area contributed by atoms with Crippen molar-refractivity contribution in [2.24, 2.45) is 17.0 Å². The first kappa shape index (κ1) is 16.7. The summed E-state index contributed by atoms with van der Waals surface area (Å²) in [5.41, 5.74) is 1.05. The summed E-state index contributed by atoms with van der Waals surface area (Å²) in [5, 5.41) is 12.5. The van der Waals surface area contributed by atoms with Crippen molar-refractivity contribution in [3.63, 3.8) is 0 Å². The molecule has 2 fully saturated rings. The van der Waals surface area contributed by atoms with Crippen LogP contribution >= 0.6 is 12.2 Å². The lowest BCUT2D eigenvalue weighted by Crippen LogP contribution is -2.44. The van der Waals surface area contributed by atoms with E-state index in [9.17, 15) is 8.42 Å². The highest BCUT2D eigenvalue weighted by Crippen LogP contribution is 2.44. The van der Waals surface area contributed by atoms with Crippen molar-refractivity contribution >= 4 is 27.4 Å². The molecule has 3 atom stereocenters. The summed E-state index contributed by atoms with van der Waals surface area (Å²) >= 11 is 5.37. The first-order valence-electron chi connectivity index (χ1n) is 8.08. The molecule has 1 aromatic rings. The van der Waals surface area contributed by atoms with Gasteiger partial charge in [-0.3, -0.25) is 0 Å². The van der Waals surface area contributed by atoms with Crippen molar-refractivity contribution in [2.45, 2.75) is 43.0 Å². The molecule has 126 valence electrons. The summed E-state index contributed by atoms with van der Waals surface area (Å²) < 4.78 is 22.4. The molecular formula is C16H23N3O2S2. The van der Waals surface area contributed by atoms with Crippen molar-refractivity contribution < 1.29 is 8.42 Å². The molecule has 1 aromatic carbocycles. The van der Waals surface area contributed by atoms with Crippen LogP contribution < -0.4 is 15.8 Å². The van der Waals surface area contributed by atoms with E-state index in [0.29, 0.717) is 6.04 Å². The molecule has 4 N–H and O–H groups in total. The second-order valence-electron chi connectivity index (χ2n) is 6.62. The highest BCUT2D eigenvalue weighted by Gasteiger charge is 2.39. The SMILES string of the molecule is NS(=O)(=O)c1ccc(CCNC(=S)N[C@H]2C[C@@H]3CC[C@@H]2C3)cc1. The molecule has 2 aliphatic carbocycles. The number of primary sulfonamides is 1. The molecule has 23 heavy (non-hydrogen) atoms. The molecule has 5 nitrogen and oxygen atoms in total. The number of sulfonamides is 1. The summed E-state index contributed by atoms with van der Waals surface area (Å²) in [4.78, 5) is 0.141. The average Bonchev–Trinajstić information content (AvgIpc) is 3.09. The predicted molar refractivity (Wildman–Crippen MR) is 94.5 cm³/mol. The minimum atomic E-state index is -3.62. The Kier molecular flexibility index (Phi) is 4.89. The number of fused-ring (bicyclic) bond motifs is 2. The summed E-state index contributed by atoms with van der Waals surface area (Å²) in [5.74, 6) is 1.70. The second kappa shape index (κ2) is 6.75. The van der Waals surface area contributed by atoms with E-state index in [-0.39, 0.29) is 4.90 Å². The molecule has 3 rings (SSSR count). The Balaban J connectivity index is 1.41. The lowest BCUT2D eigenvalue weighted by Gasteiger charge is -2.24. The Bertz CT molecular complexity index is 673. The number of rotatable bonds is 5. The fourth-order valence-corrected chi connectivity index (χ4v) is 4.58. The third-order valence-electron chi connectivity index (χ3n) is 5.01. The number of nitrogens with one attached hydrogen (secondary N) is 2. The van der Waals surface area contributed by atoms with E-state index in [0.717, 1.165) is 35.5 Å². The van der Waals surface area contributed by atoms with Crippen molar-refractivity contribution in [3.8, 4) is 0 Å². The van der Waals surface area contributed by atoms with Gasteiger partial charge in [0, 0.05) is 12.6 Å². The van der Waals surface area contributed by atoms with E-state index in [1.807, 2.05) is 0 Å². The molecule has 7 heteroatoms. The van der Waals surface area contributed by atoms with Crippen LogP contribution in [0.25, 0.3) is 0 Å². The topological polar surface area (TPSA) is 84.2 Å². The summed E-state index contributed by atoms with van der Waals surface area (Å²) in [6.45, 7) is 0.724. The quantitative estimate of drug-likeness (QED) is 0.699. The Labute approximate surface area is 143 Å². The van der Waals surface area contributed by atoms with E-state index < -0.39 is 10.0 Å². The van der Waals surface area contributed by atoms with Crippen LogP contribution in [0.15, 0.2) is 29.2 Å². The van der Waals surface area contributed by atoms with Crippen LogP contribution in [0.4, 0.5) is 0 Å². The molecule has 0 amide bonds. The summed E-state index contributed by atoms with van der Waals surface area (Å²) in [7, 11) is -3.62. The lowest BCUT2D eigenvalue weighted by atomic mass is 9.96. The minimum Gasteiger partial charge on any atom is -0.362 e. The number of hydrogen-bond acceptors (Lipinski definition) is 3. The molecule has 2 saturated carbocycles. The molecule has 0 unspecified atom stereocenters. The van der Waals surface area contributed by atoms with Crippen molar-refractivity contribution in [3.05, 3.63) is 29.8 Å². The van der Waals surface area contributed by atoms with Crippen LogP contribution in [0, 0.1) is 11.8 Å². The number of thiocarbonyl (C=S) groups is 1. The molecule has 2 aliphatic rings. The first-order valence-corrected chi connectivity index (χ1v) is 10.0. The number of hydrogen-bond donors (Lipinski definition) is 3. The van der Waals surface area contributed by atoms with Crippen molar-refractivity contribution in [2.75, 3.05) is 6.54 Å². The number of nitrogens with two attached hydrogens (primary N) is 1. The van der Waals surface area contributed by atoms with Crippen LogP contribution in [0.5, 0.6) is 0 Å². The summed E-state index contributed by atoms with van der Waals surface area (Å²) in [6, 6.07) is 7.19. The van der Waals surface area contributed by atoms with Crippen molar-refractivity contribution in [1.82, 2.24) is 10.6 Å². The second-order valence-corrected chi connectivity index (χ2v) is 8.59. The van der Waals surface area contributed by atoms with Gasteiger partial charge in [-0.2, -0.15) is 0 Å². The number of benzene rings is 1. The van der Waals surface area contributed by atoms with Gasteiger partial charge in [0.25, 0.3) is 0 Å². The average molecular weight is 354 g/mol. The van der Waals surface area contributed by atoms with E-state index in [1.54, 1.807) is 12.1 Å². The van der Waals surface area contributed by atoms with E-state index in [1.165, 1.54) is 37.8 Å². The Morgan fingerprint density at radius 3 is 2.52 bits per heavy atom. The van der Waals surface area contributed by atoms with Gasteiger partial charge >= 0.3 is 0 Å². The van der Waals surface area contributed by atoms with E-state index in [4.69, 9.17) is 17.4 Å². The maximum atomic E-state index is 11.2. The third kappa shape index (κ3) is 4.22. The van der Waals surface area contributed by atoms with Gasteiger partial charge in [-0.05, 0) is 67.4 Å². The fraction of sp³-hybridized carbons (Fsp3) is 0.562. The molecule has 0 spiro atoms. The van der Waals surface area contributed by atoms with Gasteiger partial charge < -0.3 is 10.6 Å². The standard InChI is InChI=1S/C16H23N3O2S2/c17-23(20,21)14-5-2-11(3-6-14)7-8-18-16(22)19-15-10-12-1-4-13(15)9-12/h2-3,5-6,12-13,15H,1,4,7-10H2,(H2,17,20,21)(H2,18,19,22)/t12-,13-,15+/m1/s1. The molecule has 0 aromatic heterocycles. The predicted octanol–water partition coefficient (Wildman–Crippen LogP) is 1.53. The molecule has 0 radical (unpaired) electrons. The maximum Gasteiger partial charge on any atom is 0.238 e. The zero-order valence-electron chi connectivity index (χ0n) is 13.0. The monoisotopic (exact) mass is 353 g/mol. The van der Waals surface area contributed by atoms with Gasteiger partial charge in [0.2, 0.25) is 10.0 Å². The van der Waals surface area contributed by atoms with E-state index in [2.05, 4.69) is 10.6 Å². The molecule has 0 saturated heterocycles. The van der Waals surface area contributed by atoms with E-state index >= 15 is 0 Å². The Morgan fingerprint density at radius 2 is 1.96 bits per heavy atom. The van der Waals surface area contributed by atoms with Crippen LogP contribution in [-0.4, -0.2) is 26.1 Å². The largest absolute Gasteiger partial charge is 0.362 e. The molecular weight excluding hydrogens is 330 g/mol. The minimum absolute atomic E-state index is 0.141. The third-order valence-corrected chi connectivity index (χ3v) is 6.20. The first-order chi connectivity index (χ1) is 10.9. The zero-order chi connectivity index (χ0) is 16.4. The van der Waals surface area contributed by atoms with Crippen LogP contribution in [-0.2, 0) is 16.4 Å². The van der Waals surface area contributed by atoms with Gasteiger partial charge in [-0.25, -0.2) is 13.6 Å². The smallest absolute Gasteiger partial charge is 0.238 e. The van der Waals surface area contributed by atoms with Gasteiger partial charge in [-0.1, -0.05) is 18.6 Å². The Morgan fingerprint density at radius 1 is 1.22 bits per heavy atom. The van der Waals surface area contributed by atoms with Crippen LogP contribution in [0.1, 0.15) is 31.2 Å². The Hall–Kier alpha value is -1.18. The normalized spacial score (nSPS) is 26.2. The molecule has 0 heterocycles. The van der Waals surface area contributed by atoms with Gasteiger partial charge in [0.1, 0.15) is 0 Å².